The van der Waals surface area contributed by atoms with E-state index in [-0.39, 0.29) is 11.7 Å². The summed E-state index contributed by atoms with van der Waals surface area (Å²) in [7, 11) is 5.55. The van der Waals surface area contributed by atoms with Crippen LogP contribution in [0, 0.1) is 5.82 Å². The summed E-state index contributed by atoms with van der Waals surface area (Å²) in [5.41, 5.74) is 3.32. The Balaban J connectivity index is 2.03. The summed E-state index contributed by atoms with van der Waals surface area (Å²) < 4.78 is 20.5. The molecule has 0 N–H and O–H groups in total. The maximum atomic E-state index is 13.3. The van der Waals surface area contributed by atoms with Crippen molar-refractivity contribution >= 4 is 11.7 Å². The third-order valence-corrected chi connectivity index (χ3v) is 5.09. The van der Waals surface area contributed by atoms with E-state index in [9.17, 15) is 9.18 Å². The Hall–Kier alpha value is -3.19. The van der Waals surface area contributed by atoms with Crippen LogP contribution in [-0.4, -0.2) is 54.9 Å². The van der Waals surface area contributed by atoms with Crippen LogP contribution in [0.15, 0.2) is 54.6 Å². The lowest BCUT2D eigenvalue weighted by Crippen LogP contribution is -2.34. The van der Waals surface area contributed by atoms with Crippen molar-refractivity contribution in [2.45, 2.75) is 19.9 Å². The van der Waals surface area contributed by atoms with Crippen molar-refractivity contribution in [3.63, 3.8) is 0 Å². The summed E-state index contributed by atoms with van der Waals surface area (Å²) in [6.45, 7) is 3.25. The molecule has 0 radical (unpaired) electrons. The number of benzene rings is 2. The fourth-order valence-electron chi connectivity index (χ4n) is 3.56. The monoisotopic (exact) mass is 424 g/mol. The number of anilines is 1. The second-order valence-electron chi connectivity index (χ2n) is 7.47. The van der Waals surface area contributed by atoms with Gasteiger partial charge in [-0.3, -0.25) is 4.79 Å². The standard InChI is InChI=1S/C24H29FN4O2/c1-5-22-21(23(27(2)3)29(26-22)20-9-7-6-8-10-20)17-28(15-16-31-4)24(30)18-11-13-19(25)14-12-18/h6-14H,5,15-17H2,1-4H3. The maximum Gasteiger partial charge on any atom is 0.254 e. The number of para-hydroxylation sites is 1. The maximum absolute atomic E-state index is 13.3. The van der Waals surface area contributed by atoms with E-state index in [0.717, 1.165) is 29.2 Å². The predicted octanol–water partition coefficient (Wildman–Crippen LogP) is 3.93. The molecule has 3 aromatic rings. The van der Waals surface area contributed by atoms with Crippen LogP contribution in [0.1, 0.15) is 28.5 Å². The van der Waals surface area contributed by atoms with E-state index < -0.39 is 0 Å². The Kier molecular flexibility index (Phi) is 7.41. The van der Waals surface area contributed by atoms with Gasteiger partial charge in [0, 0.05) is 38.9 Å². The van der Waals surface area contributed by atoms with Crippen molar-refractivity contribution in [3.8, 4) is 5.69 Å². The van der Waals surface area contributed by atoms with Crippen molar-refractivity contribution < 1.29 is 13.9 Å². The third kappa shape index (κ3) is 5.11. The first-order valence-electron chi connectivity index (χ1n) is 10.3. The summed E-state index contributed by atoms with van der Waals surface area (Å²) >= 11 is 0. The minimum absolute atomic E-state index is 0.170. The van der Waals surface area contributed by atoms with Gasteiger partial charge in [-0.1, -0.05) is 25.1 Å². The van der Waals surface area contributed by atoms with Crippen molar-refractivity contribution in [1.29, 1.82) is 0 Å². The van der Waals surface area contributed by atoms with E-state index in [0.29, 0.717) is 25.3 Å². The molecule has 1 aromatic heterocycles. The molecule has 2 aromatic carbocycles. The number of amides is 1. The lowest BCUT2D eigenvalue weighted by atomic mass is 10.1. The number of halogens is 1. The molecule has 164 valence electrons. The minimum Gasteiger partial charge on any atom is -0.383 e. The molecule has 7 heteroatoms. The van der Waals surface area contributed by atoms with Gasteiger partial charge in [0.05, 0.1) is 24.5 Å². The first-order chi connectivity index (χ1) is 15.0. The number of aromatic nitrogens is 2. The lowest BCUT2D eigenvalue weighted by Gasteiger charge is -2.25. The van der Waals surface area contributed by atoms with Crippen molar-refractivity contribution in [2.75, 3.05) is 39.3 Å². The number of nitrogens with zero attached hydrogens (tertiary/aromatic N) is 4. The quantitative estimate of drug-likeness (QED) is 0.522. The summed E-state index contributed by atoms with van der Waals surface area (Å²) in [6, 6.07) is 15.6. The van der Waals surface area contributed by atoms with E-state index in [1.165, 1.54) is 24.3 Å². The number of aryl methyl sites for hydroxylation is 1. The summed E-state index contributed by atoms with van der Waals surface area (Å²) in [4.78, 5) is 17.0. The van der Waals surface area contributed by atoms with Gasteiger partial charge in [-0.05, 0) is 42.8 Å². The zero-order valence-corrected chi connectivity index (χ0v) is 18.5. The fraction of sp³-hybridized carbons (Fsp3) is 0.333. The molecule has 0 atom stereocenters. The number of hydrogen-bond acceptors (Lipinski definition) is 4. The Labute approximate surface area is 182 Å². The smallest absolute Gasteiger partial charge is 0.254 e. The first-order valence-corrected chi connectivity index (χ1v) is 10.3. The van der Waals surface area contributed by atoms with E-state index in [2.05, 4.69) is 6.92 Å². The number of hydrogen-bond donors (Lipinski definition) is 0. The van der Waals surface area contributed by atoms with Crippen molar-refractivity contribution in [2.24, 2.45) is 0 Å². The zero-order chi connectivity index (χ0) is 22.4. The number of ether oxygens (including phenoxy) is 1. The van der Waals surface area contributed by atoms with Gasteiger partial charge in [0.2, 0.25) is 0 Å². The van der Waals surface area contributed by atoms with Gasteiger partial charge >= 0.3 is 0 Å². The zero-order valence-electron chi connectivity index (χ0n) is 18.5. The highest BCUT2D eigenvalue weighted by Gasteiger charge is 2.24. The van der Waals surface area contributed by atoms with Crippen molar-refractivity contribution in [1.82, 2.24) is 14.7 Å². The molecule has 0 unspecified atom stereocenters. The average molecular weight is 425 g/mol. The van der Waals surface area contributed by atoms with E-state index >= 15 is 0 Å². The summed E-state index contributed by atoms with van der Waals surface area (Å²) in [5.74, 6) is 0.390. The predicted molar refractivity (Wildman–Crippen MR) is 120 cm³/mol. The van der Waals surface area contributed by atoms with E-state index in [4.69, 9.17) is 9.84 Å². The molecule has 0 fully saturated rings. The van der Waals surface area contributed by atoms with Crippen LogP contribution < -0.4 is 4.90 Å². The van der Waals surface area contributed by atoms with E-state index in [1.807, 2.05) is 54.0 Å². The van der Waals surface area contributed by atoms with Gasteiger partial charge in [-0.25, -0.2) is 9.07 Å². The van der Waals surface area contributed by atoms with Gasteiger partial charge in [0.15, 0.2) is 0 Å². The fourth-order valence-corrected chi connectivity index (χ4v) is 3.56. The Morgan fingerprint density at radius 3 is 2.35 bits per heavy atom. The molecule has 0 bridgehead atoms. The molecular weight excluding hydrogens is 395 g/mol. The molecule has 1 amide bonds. The molecule has 0 aliphatic heterocycles. The van der Waals surface area contributed by atoms with Crippen LogP contribution in [0.5, 0.6) is 0 Å². The molecule has 3 rings (SSSR count). The van der Waals surface area contributed by atoms with Crippen LogP contribution >= 0.6 is 0 Å². The topological polar surface area (TPSA) is 50.6 Å². The first kappa shape index (κ1) is 22.5. The van der Waals surface area contributed by atoms with Gasteiger partial charge in [0.25, 0.3) is 5.91 Å². The number of methoxy groups -OCH3 is 1. The molecule has 31 heavy (non-hydrogen) atoms. The third-order valence-electron chi connectivity index (χ3n) is 5.09. The second kappa shape index (κ2) is 10.2. The Morgan fingerprint density at radius 2 is 1.77 bits per heavy atom. The molecule has 0 spiro atoms. The molecule has 6 nitrogen and oxygen atoms in total. The second-order valence-corrected chi connectivity index (χ2v) is 7.47. The number of rotatable bonds is 9. The Morgan fingerprint density at radius 1 is 1.10 bits per heavy atom. The summed E-state index contributed by atoms with van der Waals surface area (Å²) in [6.07, 6.45) is 0.735. The molecule has 1 heterocycles. The molecule has 0 saturated carbocycles. The van der Waals surface area contributed by atoms with Gasteiger partial charge in [-0.15, -0.1) is 0 Å². The Bertz CT molecular complexity index is 1000. The molecule has 0 saturated heterocycles. The lowest BCUT2D eigenvalue weighted by molar-refractivity contribution is 0.0680. The SMILES string of the molecule is CCc1nn(-c2ccccc2)c(N(C)C)c1CN(CCOC)C(=O)c1ccc(F)cc1. The highest BCUT2D eigenvalue weighted by molar-refractivity contribution is 5.94. The van der Waals surface area contributed by atoms with Crippen LogP contribution in [0.2, 0.25) is 0 Å². The van der Waals surface area contributed by atoms with Crippen LogP contribution in [0.25, 0.3) is 5.69 Å². The van der Waals surface area contributed by atoms with Crippen molar-refractivity contribution in [3.05, 3.63) is 77.2 Å². The minimum atomic E-state index is -0.368. The van der Waals surface area contributed by atoms with Crippen LogP contribution in [0.4, 0.5) is 10.2 Å². The van der Waals surface area contributed by atoms with E-state index in [1.54, 1.807) is 12.0 Å². The molecule has 0 aliphatic carbocycles. The average Bonchev–Trinajstić information content (AvgIpc) is 3.15. The summed E-state index contributed by atoms with van der Waals surface area (Å²) in [5, 5.41) is 4.85. The number of carbonyl (C=O) groups excluding carboxylic acids is 1. The normalized spacial score (nSPS) is 10.9. The largest absolute Gasteiger partial charge is 0.383 e. The van der Waals surface area contributed by atoms with Gasteiger partial charge < -0.3 is 14.5 Å². The molecule has 0 aliphatic rings. The molecular formula is C24H29FN4O2. The number of carbonyl (C=O) groups is 1. The highest BCUT2D eigenvalue weighted by Crippen LogP contribution is 2.28. The highest BCUT2D eigenvalue weighted by atomic mass is 19.1. The van der Waals surface area contributed by atoms with Crippen LogP contribution in [0.3, 0.4) is 0 Å². The van der Waals surface area contributed by atoms with Crippen LogP contribution in [-0.2, 0) is 17.7 Å². The van der Waals surface area contributed by atoms with Gasteiger partial charge in [0.1, 0.15) is 11.6 Å². The van der Waals surface area contributed by atoms with Gasteiger partial charge in [-0.2, -0.15) is 5.10 Å².